The average Bonchev–Trinajstić information content (AvgIpc) is 3.05. The summed E-state index contributed by atoms with van der Waals surface area (Å²) in [5.74, 6) is 0.859. The second-order valence-corrected chi connectivity index (χ2v) is 6.60. The van der Waals surface area contributed by atoms with E-state index in [1.807, 2.05) is 12.3 Å². The van der Waals surface area contributed by atoms with Crippen LogP contribution in [-0.4, -0.2) is 22.3 Å². The molecule has 24 heavy (non-hydrogen) atoms. The zero-order chi connectivity index (χ0) is 16.9. The molecule has 2 aliphatic heterocycles. The zero-order valence-corrected chi connectivity index (χ0v) is 13.8. The van der Waals surface area contributed by atoms with Gasteiger partial charge in [-0.05, 0) is 23.8 Å². The standard InChI is InChI=1S/C19H19N5/c1-13(7-6-10-20)23-17-16(11-21-12-22-17)24-15-9-5-4-8-14(15)19(2,3)18(23)24/h4-12,18,20H,1H2,2-3H3/b7-6-,20-10?. The quantitative estimate of drug-likeness (QED) is 0.691. The minimum Gasteiger partial charge on any atom is -0.314 e. The van der Waals surface area contributed by atoms with Crippen LogP contribution in [0.4, 0.5) is 17.2 Å². The Hall–Kier alpha value is -2.95. The molecule has 0 spiro atoms. The van der Waals surface area contributed by atoms with Crippen LogP contribution in [-0.2, 0) is 5.41 Å². The van der Waals surface area contributed by atoms with Crippen LogP contribution in [0.3, 0.4) is 0 Å². The van der Waals surface area contributed by atoms with Crippen molar-refractivity contribution in [2.75, 3.05) is 9.80 Å². The number of rotatable bonds is 3. The summed E-state index contributed by atoms with van der Waals surface area (Å²) >= 11 is 0. The van der Waals surface area contributed by atoms with Gasteiger partial charge >= 0.3 is 0 Å². The summed E-state index contributed by atoms with van der Waals surface area (Å²) in [4.78, 5) is 13.2. The molecule has 0 radical (unpaired) electrons. The molecule has 1 atom stereocenters. The number of aromatic nitrogens is 2. The van der Waals surface area contributed by atoms with E-state index in [0.717, 1.165) is 17.2 Å². The lowest BCUT2D eigenvalue weighted by Gasteiger charge is -2.36. The molecule has 1 aromatic heterocycles. The van der Waals surface area contributed by atoms with Crippen molar-refractivity contribution in [1.29, 1.82) is 5.41 Å². The minimum absolute atomic E-state index is 0.0458. The Labute approximate surface area is 141 Å². The number of anilines is 3. The number of nitrogens with zero attached hydrogens (tertiary/aromatic N) is 4. The molecule has 2 aliphatic rings. The maximum Gasteiger partial charge on any atom is 0.162 e. The first kappa shape index (κ1) is 14.6. The molecule has 4 rings (SSSR count). The number of benzene rings is 1. The zero-order valence-electron chi connectivity index (χ0n) is 13.8. The highest BCUT2D eigenvalue weighted by molar-refractivity contribution is 5.88. The summed E-state index contributed by atoms with van der Waals surface area (Å²) < 4.78 is 0. The fourth-order valence-electron chi connectivity index (χ4n) is 3.84. The van der Waals surface area contributed by atoms with Crippen molar-refractivity contribution in [2.24, 2.45) is 0 Å². The third-order valence-corrected chi connectivity index (χ3v) is 4.85. The lowest BCUT2D eigenvalue weighted by Crippen LogP contribution is -2.47. The van der Waals surface area contributed by atoms with Gasteiger partial charge in [-0.25, -0.2) is 9.97 Å². The molecule has 1 N–H and O–H groups in total. The molecule has 1 unspecified atom stereocenters. The predicted octanol–water partition coefficient (Wildman–Crippen LogP) is 3.77. The van der Waals surface area contributed by atoms with E-state index in [0.29, 0.717) is 0 Å². The number of allylic oxidation sites excluding steroid dienone is 2. The topological polar surface area (TPSA) is 56.1 Å². The van der Waals surface area contributed by atoms with Crippen LogP contribution in [0, 0.1) is 5.41 Å². The molecule has 1 aromatic carbocycles. The first-order valence-electron chi connectivity index (χ1n) is 7.91. The van der Waals surface area contributed by atoms with Gasteiger partial charge in [0.1, 0.15) is 18.2 Å². The maximum atomic E-state index is 7.23. The van der Waals surface area contributed by atoms with E-state index >= 15 is 0 Å². The maximum absolute atomic E-state index is 7.23. The molecule has 0 amide bonds. The molecule has 3 heterocycles. The Kier molecular flexibility index (Phi) is 3.06. The van der Waals surface area contributed by atoms with Gasteiger partial charge in [0, 0.05) is 23.0 Å². The molecule has 5 nitrogen and oxygen atoms in total. The van der Waals surface area contributed by atoms with Crippen LogP contribution in [0.2, 0.25) is 0 Å². The second-order valence-electron chi connectivity index (χ2n) is 6.60. The van der Waals surface area contributed by atoms with E-state index in [1.165, 1.54) is 17.5 Å². The highest BCUT2D eigenvalue weighted by atomic mass is 15.5. The Balaban J connectivity index is 1.94. The summed E-state index contributed by atoms with van der Waals surface area (Å²) in [6.07, 6.45) is 8.27. The van der Waals surface area contributed by atoms with Crippen LogP contribution in [0.5, 0.6) is 0 Å². The van der Waals surface area contributed by atoms with Gasteiger partial charge in [0.05, 0.1) is 6.20 Å². The largest absolute Gasteiger partial charge is 0.314 e. The fraction of sp³-hybridized carbons (Fsp3) is 0.211. The number of nitrogens with one attached hydrogen (secondary N) is 1. The fourth-order valence-corrected chi connectivity index (χ4v) is 3.84. The first-order valence-corrected chi connectivity index (χ1v) is 7.91. The number of hydrogen-bond donors (Lipinski definition) is 1. The Bertz CT molecular complexity index is 868. The minimum atomic E-state index is -0.112. The molecule has 0 saturated carbocycles. The van der Waals surface area contributed by atoms with Crippen molar-refractivity contribution in [3.8, 4) is 0 Å². The lowest BCUT2D eigenvalue weighted by atomic mass is 9.83. The Morgan fingerprint density at radius 2 is 2.08 bits per heavy atom. The van der Waals surface area contributed by atoms with E-state index in [1.54, 1.807) is 12.4 Å². The third kappa shape index (κ3) is 1.78. The van der Waals surface area contributed by atoms with Gasteiger partial charge in [-0.1, -0.05) is 38.6 Å². The Morgan fingerprint density at radius 1 is 1.29 bits per heavy atom. The summed E-state index contributed by atoms with van der Waals surface area (Å²) in [5.41, 5.74) is 4.18. The van der Waals surface area contributed by atoms with E-state index < -0.39 is 0 Å². The average molecular weight is 317 g/mol. The van der Waals surface area contributed by atoms with Gasteiger partial charge < -0.3 is 15.2 Å². The number of hydrogen-bond acceptors (Lipinski definition) is 5. The molecule has 0 aliphatic carbocycles. The molecule has 0 bridgehead atoms. The van der Waals surface area contributed by atoms with Gasteiger partial charge in [0.25, 0.3) is 0 Å². The van der Waals surface area contributed by atoms with E-state index in [-0.39, 0.29) is 11.6 Å². The predicted molar refractivity (Wildman–Crippen MR) is 97.0 cm³/mol. The van der Waals surface area contributed by atoms with Crippen molar-refractivity contribution in [3.05, 3.63) is 66.8 Å². The van der Waals surface area contributed by atoms with Gasteiger partial charge in [-0.15, -0.1) is 0 Å². The summed E-state index contributed by atoms with van der Waals surface area (Å²) in [6, 6.07) is 8.48. The molecule has 5 heteroatoms. The smallest absolute Gasteiger partial charge is 0.162 e. The monoisotopic (exact) mass is 317 g/mol. The van der Waals surface area contributed by atoms with Gasteiger partial charge in [0.2, 0.25) is 0 Å². The van der Waals surface area contributed by atoms with Gasteiger partial charge in [0.15, 0.2) is 5.82 Å². The van der Waals surface area contributed by atoms with Crippen molar-refractivity contribution < 1.29 is 0 Å². The highest BCUT2D eigenvalue weighted by Gasteiger charge is 2.54. The summed E-state index contributed by atoms with van der Waals surface area (Å²) in [6.45, 7) is 8.70. The number of fused-ring (bicyclic) bond motifs is 5. The Morgan fingerprint density at radius 3 is 2.88 bits per heavy atom. The highest BCUT2D eigenvalue weighted by Crippen LogP contribution is 2.56. The molecule has 0 fully saturated rings. The molecule has 120 valence electrons. The van der Waals surface area contributed by atoms with Crippen LogP contribution < -0.4 is 9.80 Å². The van der Waals surface area contributed by atoms with Gasteiger partial charge in [-0.3, -0.25) is 0 Å². The SMILES string of the molecule is C=C(/C=C\C=N)N1c2ncncc2N2c3ccccc3C(C)(C)C12. The van der Waals surface area contributed by atoms with Gasteiger partial charge in [-0.2, -0.15) is 0 Å². The first-order chi connectivity index (χ1) is 11.6. The van der Waals surface area contributed by atoms with Crippen molar-refractivity contribution >= 4 is 23.4 Å². The molecular formula is C19H19N5. The van der Waals surface area contributed by atoms with E-state index in [9.17, 15) is 0 Å². The molecule has 0 saturated heterocycles. The van der Waals surface area contributed by atoms with Crippen molar-refractivity contribution in [1.82, 2.24) is 9.97 Å². The van der Waals surface area contributed by atoms with E-state index in [4.69, 9.17) is 5.41 Å². The van der Waals surface area contributed by atoms with E-state index in [2.05, 4.69) is 64.5 Å². The van der Waals surface area contributed by atoms with Crippen LogP contribution >= 0.6 is 0 Å². The summed E-state index contributed by atoms with van der Waals surface area (Å²) in [5, 5.41) is 7.23. The van der Waals surface area contributed by atoms with Crippen molar-refractivity contribution in [3.63, 3.8) is 0 Å². The number of para-hydroxylation sites is 1. The molecular weight excluding hydrogens is 298 g/mol. The van der Waals surface area contributed by atoms with Crippen LogP contribution in [0.25, 0.3) is 0 Å². The second kappa shape index (κ2) is 5.03. The summed E-state index contributed by atoms with van der Waals surface area (Å²) in [7, 11) is 0. The van der Waals surface area contributed by atoms with Crippen LogP contribution in [0.15, 0.2) is 61.2 Å². The van der Waals surface area contributed by atoms with Crippen LogP contribution in [0.1, 0.15) is 19.4 Å². The lowest BCUT2D eigenvalue weighted by molar-refractivity contribution is 0.444. The third-order valence-electron chi connectivity index (χ3n) is 4.85. The van der Waals surface area contributed by atoms with Crippen molar-refractivity contribution in [2.45, 2.75) is 25.4 Å². The molecule has 2 aromatic rings. The normalized spacial score (nSPS) is 20.0.